The Balaban J connectivity index is 2.16. The summed E-state index contributed by atoms with van der Waals surface area (Å²) in [4.78, 5) is 17.6. The lowest BCUT2D eigenvalue weighted by Gasteiger charge is -2.03. The summed E-state index contributed by atoms with van der Waals surface area (Å²) in [5.41, 5.74) is 1.39. The highest BCUT2D eigenvalue weighted by molar-refractivity contribution is 9.10. The van der Waals surface area contributed by atoms with Crippen LogP contribution in [0.3, 0.4) is 0 Å². The minimum absolute atomic E-state index is 0.265. The number of fused-ring (bicyclic) bond motifs is 1. The molecule has 0 aliphatic rings. The summed E-state index contributed by atoms with van der Waals surface area (Å²) in [6.45, 7) is 2.74. The van der Waals surface area contributed by atoms with E-state index in [1.54, 1.807) is 42.5 Å². The fourth-order valence-electron chi connectivity index (χ4n) is 2.55. The number of sulfone groups is 1. The number of hydrogen-bond acceptors (Lipinski definition) is 4. The molecule has 5 nitrogen and oxygen atoms in total. The van der Waals surface area contributed by atoms with Crippen LogP contribution in [0.15, 0.2) is 56.8 Å². The van der Waals surface area contributed by atoms with Gasteiger partial charge in [0.1, 0.15) is 0 Å². The molecule has 8 heteroatoms. The molecule has 1 aromatic heterocycles. The standard InChI is InChI=1S/C18H17BrN2O3S2/c1-3-10-21-15-9-8-14(26(2,23)24)11-16(15)25-18(21)20-17(22)12-4-6-13(19)7-5-12/h4-9,11H,3,10H2,1-2H3. The summed E-state index contributed by atoms with van der Waals surface area (Å²) in [6, 6.07) is 12.0. The highest BCUT2D eigenvalue weighted by atomic mass is 79.9. The maximum Gasteiger partial charge on any atom is 0.279 e. The van der Waals surface area contributed by atoms with Crippen LogP contribution in [0, 0.1) is 0 Å². The van der Waals surface area contributed by atoms with Gasteiger partial charge in [-0.05, 0) is 48.9 Å². The molecule has 2 aromatic carbocycles. The molecule has 0 aliphatic carbocycles. The van der Waals surface area contributed by atoms with Crippen molar-refractivity contribution in [2.24, 2.45) is 4.99 Å². The van der Waals surface area contributed by atoms with Gasteiger partial charge in [-0.25, -0.2) is 8.42 Å². The highest BCUT2D eigenvalue weighted by Gasteiger charge is 2.13. The van der Waals surface area contributed by atoms with Crippen molar-refractivity contribution in [1.82, 2.24) is 4.57 Å². The largest absolute Gasteiger partial charge is 0.316 e. The third-order valence-corrected chi connectivity index (χ3v) is 6.50. The number of aryl methyl sites for hydroxylation is 1. The Morgan fingerprint density at radius 2 is 1.88 bits per heavy atom. The van der Waals surface area contributed by atoms with Gasteiger partial charge in [0.05, 0.1) is 15.1 Å². The number of hydrogen-bond donors (Lipinski definition) is 0. The normalized spacial score (nSPS) is 12.7. The van der Waals surface area contributed by atoms with Crippen molar-refractivity contribution < 1.29 is 13.2 Å². The number of nitrogens with zero attached hydrogens (tertiary/aromatic N) is 2. The van der Waals surface area contributed by atoms with E-state index in [0.717, 1.165) is 21.1 Å². The van der Waals surface area contributed by atoms with Crippen molar-refractivity contribution >= 4 is 53.2 Å². The molecular weight excluding hydrogens is 436 g/mol. The number of benzene rings is 2. The first kappa shape index (κ1) is 19.0. The first-order valence-corrected chi connectivity index (χ1v) is 11.5. The summed E-state index contributed by atoms with van der Waals surface area (Å²) in [5.74, 6) is -0.322. The summed E-state index contributed by atoms with van der Waals surface area (Å²) >= 11 is 4.67. The summed E-state index contributed by atoms with van der Waals surface area (Å²) in [7, 11) is -3.28. The van der Waals surface area contributed by atoms with Crippen molar-refractivity contribution in [3.63, 3.8) is 0 Å². The van der Waals surface area contributed by atoms with E-state index in [4.69, 9.17) is 0 Å². The van der Waals surface area contributed by atoms with Crippen molar-refractivity contribution in [2.75, 3.05) is 6.26 Å². The number of carbonyl (C=O) groups excluding carboxylic acids is 1. The zero-order chi connectivity index (χ0) is 18.9. The Kier molecular flexibility index (Phi) is 5.45. The molecule has 3 rings (SSSR count). The lowest BCUT2D eigenvalue weighted by atomic mass is 10.2. The fraction of sp³-hybridized carbons (Fsp3) is 0.222. The zero-order valence-electron chi connectivity index (χ0n) is 14.3. The van der Waals surface area contributed by atoms with Crippen LogP contribution >= 0.6 is 27.3 Å². The molecule has 0 unspecified atom stereocenters. The summed E-state index contributed by atoms with van der Waals surface area (Å²) < 4.78 is 27.3. The maximum absolute atomic E-state index is 12.5. The van der Waals surface area contributed by atoms with E-state index in [1.165, 1.54) is 17.6 Å². The number of rotatable bonds is 4. The third-order valence-electron chi connectivity index (χ3n) is 3.82. The second-order valence-electron chi connectivity index (χ2n) is 5.86. The number of halogens is 1. The molecule has 1 amide bonds. The van der Waals surface area contributed by atoms with Crippen LogP contribution in [0.2, 0.25) is 0 Å². The third kappa shape index (κ3) is 3.97. The molecule has 0 aliphatic heterocycles. The lowest BCUT2D eigenvalue weighted by Crippen LogP contribution is -2.16. The highest BCUT2D eigenvalue weighted by Crippen LogP contribution is 2.22. The van der Waals surface area contributed by atoms with E-state index in [0.29, 0.717) is 16.9 Å². The fourth-order valence-corrected chi connectivity index (χ4v) is 4.63. The minimum atomic E-state index is -3.28. The maximum atomic E-state index is 12.5. The van der Waals surface area contributed by atoms with Crippen LogP contribution < -0.4 is 4.80 Å². The first-order chi connectivity index (χ1) is 12.3. The molecule has 0 bridgehead atoms. The predicted molar refractivity (Wildman–Crippen MR) is 107 cm³/mol. The van der Waals surface area contributed by atoms with Gasteiger partial charge in [0.25, 0.3) is 5.91 Å². The molecule has 0 spiro atoms. The van der Waals surface area contributed by atoms with Crippen molar-refractivity contribution in [2.45, 2.75) is 24.8 Å². The Hall–Kier alpha value is -1.77. The number of thiazole rings is 1. The van der Waals surface area contributed by atoms with Crippen molar-refractivity contribution in [3.05, 3.63) is 57.3 Å². The Bertz CT molecular complexity index is 1140. The van der Waals surface area contributed by atoms with Crippen LogP contribution in [-0.4, -0.2) is 25.1 Å². The van der Waals surface area contributed by atoms with E-state index in [1.807, 2.05) is 11.5 Å². The van der Waals surface area contributed by atoms with E-state index < -0.39 is 9.84 Å². The van der Waals surface area contributed by atoms with E-state index in [9.17, 15) is 13.2 Å². The molecular formula is C18H17BrN2O3S2. The van der Waals surface area contributed by atoms with Crippen LogP contribution in [0.25, 0.3) is 10.2 Å². The molecule has 26 heavy (non-hydrogen) atoms. The van der Waals surface area contributed by atoms with Gasteiger partial charge < -0.3 is 4.57 Å². The number of carbonyl (C=O) groups is 1. The Labute approximate surface area is 164 Å². The lowest BCUT2D eigenvalue weighted by molar-refractivity contribution is 0.0998. The molecule has 0 saturated heterocycles. The quantitative estimate of drug-likeness (QED) is 0.599. The van der Waals surface area contributed by atoms with Gasteiger partial charge in [-0.3, -0.25) is 4.79 Å². The van der Waals surface area contributed by atoms with Gasteiger partial charge in [-0.2, -0.15) is 4.99 Å². The molecule has 0 saturated carbocycles. The molecule has 136 valence electrons. The van der Waals surface area contributed by atoms with E-state index in [2.05, 4.69) is 20.9 Å². The number of aromatic nitrogens is 1. The topological polar surface area (TPSA) is 68.5 Å². The molecule has 0 radical (unpaired) electrons. The predicted octanol–water partition coefficient (Wildman–Crippen LogP) is 4.02. The smallest absolute Gasteiger partial charge is 0.279 e. The van der Waals surface area contributed by atoms with Gasteiger partial charge in [-0.15, -0.1) is 0 Å². The second-order valence-corrected chi connectivity index (χ2v) is 9.80. The number of amides is 1. The first-order valence-electron chi connectivity index (χ1n) is 7.97. The molecule has 3 aromatic rings. The van der Waals surface area contributed by atoms with Gasteiger partial charge in [0, 0.05) is 22.8 Å². The van der Waals surface area contributed by atoms with Crippen LogP contribution in [0.4, 0.5) is 0 Å². The second kappa shape index (κ2) is 7.46. The Morgan fingerprint density at radius 1 is 1.19 bits per heavy atom. The monoisotopic (exact) mass is 452 g/mol. The van der Waals surface area contributed by atoms with Crippen LogP contribution in [0.5, 0.6) is 0 Å². The van der Waals surface area contributed by atoms with Crippen molar-refractivity contribution in [3.8, 4) is 0 Å². The average Bonchev–Trinajstić information content (AvgIpc) is 2.92. The molecule has 0 atom stereocenters. The molecule has 0 fully saturated rings. The van der Waals surface area contributed by atoms with Gasteiger partial charge >= 0.3 is 0 Å². The van der Waals surface area contributed by atoms with E-state index in [-0.39, 0.29) is 10.8 Å². The van der Waals surface area contributed by atoms with Gasteiger partial charge in [0.2, 0.25) is 0 Å². The van der Waals surface area contributed by atoms with Crippen LogP contribution in [0.1, 0.15) is 23.7 Å². The zero-order valence-corrected chi connectivity index (χ0v) is 17.5. The SMILES string of the molecule is CCCn1c(=NC(=O)c2ccc(Br)cc2)sc2cc(S(C)(=O)=O)ccc21. The molecule has 1 heterocycles. The van der Waals surface area contributed by atoms with Crippen molar-refractivity contribution in [1.29, 1.82) is 0 Å². The molecule has 0 N–H and O–H groups in total. The summed E-state index contributed by atoms with van der Waals surface area (Å²) in [5, 5.41) is 0. The Morgan fingerprint density at radius 3 is 2.50 bits per heavy atom. The van der Waals surface area contributed by atoms with Gasteiger partial charge in [-0.1, -0.05) is 34.2 Å². The minimum Gasteiger partial charge on any atom is -0.316 e. The van der Waals surface area contributed by atoms with Gasteiger partial charge in [0.15, 0.2) is 14.6 Å². The average molecular weight is 453 g/mol. The van der Waals surface area contributed by atoms with Crippen LogP contribution in [-0.2, 0) is 16.4 Å². The summed E-state index contributed by atoms with van der Waals surface area (Å²) in [6.07, 6.45) is 2.06. The van der Waals surface area contributed by atoms with E-state index >= 15 is 0 Å².